The van der Waals surface area contributed by atoms with Crippen molar-refractivity contribution in [1.82, 2.24) is 20.0 Å². The Morgan fingerprint density at radius 3 is 2.08 bits per heavy atom. The Morgan fingerprint density at radius 2 is 1.54 bits per heavy atom. The number of rotatable bonds is 10. The number of amides is 3. The molecule has 2 aliphatic heterocycles. The number of aliphatic carboxylic acids is 1. The van der Waals surface area contributed by atoms with Crippen molar-refractivity contribution in [2.75, 3.05) is 20.1 Å². The van der Waals surface area contributed by atoms with Crippen LogP contribution in [0.15, 0.2) is 11.6 Å². The first-order chi connectivity index (χ1) is 17.3. The largest absolute Gasteiger partial charge is 0.480 e. The molecule has 2 heterocycles. The molecule has 0 radical (unpaired) electrons. The number of likely N-dealkylation sites (N-methyl/N-ethyl adjacent to an activating group) is 1. The van der Waals surface area contributed by atoms with Crippen LogP contribution in [0.2, 0.25) is 0 Å². The first-order valence-corrected chi connectivity index (χ1v) is 13.8. The SMILES string of the molecule is C/C(=C\[C@H](C(C)C)N(C)C(=O)C(NC(=O)C1CCCCN1C(C)C)C(C)C)C(=O)N1CCC[C@H]1C(=O)O. The molecule has 0 bridgehead atoms. The summed E-state index contributed by atoms with van der Waals surface area (Å²) in [5.41, 5.74) is 0.423. The molecule has 4 atom stereocenters. The number of piperidine rings is 1. The molecule has 2 fully saturated rings. The Balaban J connectivity index is 2.21. The summed E-state index contributed by atoms with van der Waals surface area (Å²) in [5, 5.41) is 12.5. The lowest BCUT2D eigenvalue weighted by Crippen LogP contribution is -2.58. The maximum atomic E-state index is 13.7. The van der Waals surface area contributed by atoms with Crippen LogP contribution in [0.5, 0.6) is 0 Å². The number of nitrogens with zero attached hydrogens (tertiary/aromatic N) is 3. The van der Waals surface area contributed by atoms with Gasteiger partial charge in [0.1, 0.15) is 12.1 Å². The zero-order valence-corrected chi connectivity index (χ0v) is 24.0. The molecule has 3 amide bonds. The third-order valence-electron chi connectivity index (χ3n) is 7.78. The van der Waals surface area contributed by atoms with E-state index < -0.39 is 18.1 Å². The van der Waals surface area contributed by atoms with Crippen molar-refractivity contribution in [3.8, 4) is 0 Å². The number of hydrogen-bond acceptors (Lipinski definition) is 5. The lowest BCUT2D eigenvalue weighted by molar-refractivity contribution is -0.146. The highest BCUT2D eigenvalue weighted by molar-refractivity contribution is 5.96. The van der Waals surface area contributed by atoms with Crippen molar-refractivity contribution in [3.63, 3.8) is 0 Å². The topological polar surface area (TPSA) is 110 Å². The van der Waals surface area contributed by atoms with E-state index in [0.717, 1.165) is 25.8 Å². The maximum absolute atomic E-state index is 13.7. The van der Waals surface area contributed by atoms with Gasteiger partial charge in [-0.1, -0.05) is 40.2 Å². The molecule has 0 aromatic heterocycles. The maximum Gasteiger partial charge on any atom is 0.326 e. The van der Waals surface area contributed by atoms with E-state index >= 15 is 0 Å². The molecule has 37 heavy (non-hydrogen) atoms. The highest BCUT2D eigenvalue weighted by Crippen LogP contribution is 2.23. The summed E-state index contributed by atoms with van der Waals surface area (Å²) < 4.78 is 0. The molecule has 2 saturated heterocycles. The normalized spacial score (nSPS) is 22.9. The average Bonchev–Trinajstić information content (AvgIpc) is 3.34. The van der Waals surface area contributed by atoms with Crippen molar-refractivity contribution in [1.29, 1.82) is 0 Å². The van der Waals surface area contributed by atoms with E-state index in [4.69, 9.17) is 0 Å². The second kappa shape index (κ2) is 13.4. The molecule has 9 nitrogen and oxygen atoms in total. The summed E-state index contributed by atoms with van der Waals surface area (Å²) in [6, 6.07) is -1.87. The number of nitrogens with one attached hydrogen (secondary N) is 1. The second-order valence-corrected chi connectivity index (χ2v) is 11.6. The van der Waals surface area contributed by atoms with Gasteiger partial charge in [-0.25, -0.2) is 4.79 Å². The van der Waals surface area contributed by atoms with Crippen molar-refractivity contribution in [2.24, 2.45) is 11.8 Å². The van der Waals surface area contributed by atoms with Crippen molar-refractivity contribution in [3.05, 3.63) is 11.6 Å². The summed E-state index contributed by atoms with van der Waals surface area (Å²) in [6.45, 7) is 15.0. The van der Waals surface area contributed by atoms with Gasteiger partial charge in [0.2, 0.25) is 17.7 Å². The van der Waals surface area contributed by atoms with Crippen molar-refractivity contribution < 1.29 is 24.3 Å². The molecular formula is C28H48N4O5. The van der Waals surface area contributed by atoms with E-state index in [1.54, 1.807) is 24.9 Å². The molecule has 2 aliphatic rings. The fraction of sp³-hybridized carbons (Fsp3) is 0.786. The van der Waals surface area contributed by atoms with E-state index in [1.165, 1.54) is 4.90 Å². The monoisotopic (exact) mass is 520 g/mol. The Labute approximate surface area is 222 Å². The molecule has 2 N–H and O–H groups in total. The summed E-state index contributed by atoms with van der Waals surface area (Å²) in [4.78, 5) is 56.9. The number of carboxylic acids is 1. The fourth-order valence-electron chi connectivity index (χ4n) is 5.55. The van der Waals surface area contributed by atoms with Gasteiger partial charge in [-0.15, -0.1) is 0 Å². The third-order valence-corrected chi connectivity index (χ3v) is 7.78. The van der Waals surface area contributed by atoms with Gasteiger partial charge in [0.25, 0.3) is 0 Å². The Kier molecular flexibility index (Phi) is 11.2. The number of carbonyl (C=O) groups is 4. The number of carboxylic acid groups (broad SMARTS) is 1. The van der Waals surface area contributed by atoms with Crippen LogP contribution in [0.4, 0.5) is 0 Å². The molecule has 0 spiro atoms. The lowest BCUT2D eigenvalue weighted by atomic mass is 9.95. The van der Waals surface area contributed by atoms with Gasteiger partial charge in [0.05, 0.1) is 12.1 Å². The molecular weight excluding hydrogens is 472 g/mol. The summed E-state index contributed by atoms with van der Waals surface area (Å²) in [7, 11) is 1.71. The van der Waals surface area contributed by atoms with Gasteiger partial charge in [-0.2, -0.15) is 0 Å². The second-order valence-electron chi connectivity index (χ2n) is 11.6. The zero-order valence-electron chi connectivity index (χ0n) is 24.0. The minimum Gasteiger partial charge on any atom is -0.480 e. The van der Waals surface area contributed by atoms with Crippen LogP contribution in [0.25, 0.3) is 0 Å². The molecule has 2 unspecified atom stereocenters. The van der Waals surface area contributed by atoms with Crippen LogP contribution in [-0.4, -0.2) is 93.8 Å². The number of carbonyl (C=O) groups excluding carboxylic acids is 3. The van der Waals surface area contributed by atoms with E-state index in [2.05, 4.69) is 24.1 Å². The molecule has 0 aromatic rings. The van der Waals surface area contributed by atoms with E-state index in [9.17, 15) is 24.3 Å². The molecule has 2 rings (SSSR count). The van der Waals surface area contributed by atoms with Crippen molar-refractivity contribution in [2.45, 2.75) is 111 Å². The first-order valence-electron chi connectivity index (χ1n) is 13.8. The molecule has 0 aliphatic carbocycles. The van der Waals surface area contributed by atoms with Crippen LogP contribution in [-0.2, 0) is 19.2 Å². The van der Waals surface area contributed by atoms with Gasteiger partial charge < -0.3 is 20.2 Å². The number of hydrogen-bond donors (Lipinski definition) is 2. The quantitative estimate of drug-likeness (QED) is 0.429. The third kappa shape index (κ3) is 7.55. The Hall–Kier alpha value is -2.42. The summed E-state index contributed by atoms with van der Waals surface area (Å²) in [6.07, 6.45) is 5.73. The molecule has 210 valence electrons. The average molecular weight is 521 g/mol. The minimum absolute atomic E-state index is 0.00356. The summed E-state index contributed by atoms with van der Waals surface area (Å²) >= 11 is 0. The van der Waals surface area contributed by atoms with Gasteiger partial charge in [0, 0.05) is 25.2 Å². The van der Waals surface area contributed by atoms with Gasteiger partial charge in [0.15, 0.2) is 0 Å². The molecule has 9 heteroatoms. The van der Waals surface area contributed by atoms with Crippen LogP contribution in [0.3, 0.4) is 0 Å². The predicted octanol–water partition coefficient (Wildman–Crippen LogP) is 2.90. The highest BCUT2D eigenvalue weighted by atomic mass is 16.4. The lowest BCUT2D eigenvalue weighted by Gasteiger charge is -2.39. The van der Waals surface area contributed by atoms with Crippen molar-refractivity contribution >= 4 is 23.7 Å². The Morgan fingerprint density at radius 1 is 0.919 bits per heavy atom. The van der Waals surface area contributed by atoms with Crippen LogP contribution >= 0.6 is 0 Å². The van der Waals surface area contributed by atoms with Gasteiger partial charge in [-0.05, 0) is 64.8 Å². The van der Waals surface area contributed by atoms with Gasteiger partial charge in [-0.3, -0.25) is 19.3 Å². The molecule has 0 saturated carbocycles. The van der Waals surface area contributed by atoms with Crippen LogP contribution in [0.1, 0.15) is 80.6 Å². The van der Waals surface area contributed by atoms with E-state index in [-0.39, 0.29) is 47.7 Å². The fourth-order valence-corrected chi connectivity index (χ4v) is 5.55. The van der Waals surface area contributed by atoms with E-state index in [0.29, 0.717) is 25.0 Å². The zero-order chi connectivity index (χ0) is 28.0. The molecule has 0 aromatic carbocycles. The summed E-state index contributed by atoms with van der Waals surface area (Å²) in [5.74, 6) is -1.72. The highest BCUT2D eigenvalue weighted by Gasteiger charge is 2.37. The number of likely N-dealkylation sites (tertiary alicyclic amines) is 2. The standard InChI is InChI=1S/C28H48N4O5/c1-17(2)23(16-20(7)26(34)32-15-11-13-22(32)28(36)37)30(8)27(35)24(18(3)4)29-25(33)21-12-9-10-14-31(21)19(5)6/h16-19,21-24H,9-15H2,1-8H3,(H,29,33)(H,36,37)/b20-16+/t21?,22-,23+,24?/m0/s1. The first kappa shape index (κ1) is 30.8. The van der Waals surface area contributed by atoms with E-state index in [1.807, 2.05) is 27.7 Å². The van der Waals surface area contributed by atoms with Crippen LogP contribution < -0.4 is 5.32 Å². The minimum atomic E-state index is -0.990. The predicted molar refractivity (Wildman–Crippen MR) is 144 cm³/mol. The van der Waals surface area contributed by atoms with Crippen LogP contribution in [0, 0.1) is 11.8 Å². The smallest absolute Gasteiger partial charge is 0.326 e. The Bertz CT molecular complexity index is 869. The van der Waals surface area contributed by atoms with Gasteiger partial charge >= 0.3 is 5.97 Å².